The topological polar surface area (TPSA) is 128 Å². The van der Waals surface area contributed by atoms with E-state index in [1.807, 2.05) is 12.1 Å². The molecule has 27 heavy (non-hydrogen) atoms. The fraction of sp³-hybridized carbons (Fsp3) is 0.105. The molecular formula is C19H16N4O4. The number of rotatable bonds is 6. The van der Waals surface area contributed by atoms with Crippen molar-refractivity contribution in [1.29, 1.82) is 0 Å². The maximum Gasteiger partial charge on any atom is 0.269 e. The van der Waals surface area contributed by atoms with Gasteiger partial charge in [-0.05, 0) is 17.7 Å². The van der Waals surface area contributed by atoms with E-state index in [0.717, 1.165) is 5.39 Å². The van der Waals surface area contributed by atoms with Crippen LogP contribution in [-0.4, -0.2) is 27.8 Å². The summed E-state index contributed by atoms with van der Waals surface area (Å²) in [5.74, 6) is -1.17. The van der Waals surface area contributed by atoms with Gasteiger partial charge in [-0.1, -0.05) is 30.3 Å². The molecule has 0 radical (unpaired) electrons. The van der Waals surface area contributed by atoms with Gasteiger partial charge >= 0.3 is 0 Å². The van der Waals surface area contributed by atoms with Crippen LogP contribution in [0.2, 0.25) is 0 Å². The number of fused-ring (bicyclic) bond motifs is 1. The first-order valence-corrected chi connectivity index (χ1v) is 8.13. The number of hydrogen-bond donors (Lipinski definition) is 2. The highest BCUT2D eigenvalue weighted by Crippen LogP contribution is 2.17. The molecule has 0 fully saturated rings. The Balaban J connectivity index is 1.80. The van der Waals surface area contributed by atoms with Gasteiger partial charge in [0, 0.05) is 30.1 Å². The number of amides is 2. The number of carbonyl (C=O) groups excluding carboxylic acids is 2. The lowest BCUT2D eigenvalue weighted by Gasteiger charge is -2.16. The Kier molecular flexibility index (Phi) is 5.07. The summed E-state index contributed by atoms with van der Waals surface area (Å²) >= 11 is 0. The highest BCUT2D eigenvalue weighted by atomic mass is 16.6. The van der Waals surface area contributed by atoms with E-state index in [9.17, 15) is 19.7 Å². The van der Waals surface area contributed by atoms with Crippen molar-refractivity contribution in [3.05, 3.63) is 82.0 Å². The van der Waals surface area contributed by atoms with Crippen molar-refractivity contribution in [2.45, 2.75) is 12.5 Å². The number of non-ortho nitro benzene ring substituents is 1. The first kappa shape index (κ1) is 18.0. The van der Waals surface area contributed by atoms with Crippen LogP contribution in [0, 0.1) is 10.1 Å². The van der Waals surface area contributed by atoms with Crippen molar-refractivity contribution in [2.75, 3.05) is 0 Å². The average Bonchev–Trinajstić information content (AvgIpc) is 2.67. The summed E-state index contributed by atoms with van der Waals surface area (Å²) in [6.45, 7) is 0. The molecule has 0 bridgehead atoms. The molecule has 1 aromatic heterocycles. The Morgan fingerprint density at radius 2 is 1.81 bits per heavy atom. The molecule has 0 saturated carbocycles. The normalized spacial score (nSPS) is 11.7. The number of nitro benzene ring substituents is 1. The molecule has 8 nitrogen and oxygen atoms in total. The number of aromatic nitrogens is 1. The molecule has 0 aliphatic carbocycles. The molecule has 3 N–H and O–H groups in total. The quantitative estimate of drug-likeness (QED) is 0.510. The summed E-state index contributed by atoms with van der Waals surface area (Å²) in [5.41, 5.74) is 6.87. The maximum absolute atomic E-state index is 12.7. The second-order valence-corrected chi connectivity index (χ2v) is 5.94. The average molecular weight is 364 g/mol. The van der Waals surface area contributed by atoms with E-state index >= 15 is 0 Å². The Morgan fingerprint density at radius 3 is 2.48 bits per heavy atom. The lowest BCUT2D eigenvalue weighted by Crippen LogP contribution is -2.45. The number of nitro groups is 1. The Bertz CT molecular complexity index is 1010. The standard InChI is InChI=1S/C19H16N4O4/c20-18(24)16(11-12-6-8-14(9-7-12)23(26)27)22-19(25)15-5-1-3-13-4-2-10-21-17(13)15/h1-10,16H,11H2,(H2,20,24)(H,22,25)/t16-/m0/s1. The molecule has 1 heterocycles. The van der Waals surface area contributed by atoms with Crippen LogP contribution in [0.1, 0.15) is 15.9 Å². The van der Waals surface area contributed by atoms with Crippen LogP contribution in [0.3, 0.4) is 0 Å². The fourth-order valence-corrected chi connectivity index (χ4v) is 2.74. The highest BCUT2D eigenvalue weighted by molar-refractivity contribution is 6.06. The fourth-order valence-electron chi connectivity index (χ4n) is 2.74. The number of nitrogens with one attached hydrogen (secondary N) is 1. The zero-order valence-corrected chi connectivity index (χ0v) is 14.2. The van der Waals surface area contributed by atoms with Gasteiger partial charge in [-0.15, -0.1) is 0 Å². The minimum absolute atomic E-state index is 0.0553. The van der Waals surface area contributed by atoms with Crippen molar-refractivity contribution in [1.82, 2.24) is 10.3 Å². The van der Waals surface area contributed by atoms with E-state index in [0.29, 0.717) is 16.6 Å². The molecule has 1 atom stereocenters. The van der Waals surface area contributed by atoms with E-state index in [4.69, 9.17) is 5.73 Å². The van der Waals surface area contributed by atoms with Crippen LogP contribution in [0.4, 0.5) is 5.69 Å². The number of primary amides is 1. The molecule has 2 amide bonds. The highest BCUT2D eigenvalue weighted by Gasteiger charge is 2.21. The minimum Gasteiger partial charge on any atom is -0.368 e. The van der Waals surface area contributed by atoms with E-state index in [1.54, 1.807) is 24.4 Å². The summed E-state index contributed by atoms with van der Waals surface area (Å²) in [7, 11) is 0. The number of hydrogen-bond acceptors (Lipinski definition) is 5. The van der Waals surface area contributed by atoms with E-state index < -0.39 is 22.8 Å². The molecule has 8 heteroatoms. The van der Waals surface area contributed by atoms with Crippen LogP contribution >= 0.6 is 0 Å². The minimum atomic E-state index is -0.960. The monoisotopic (exact) mass is 364 g/mol. The van der Waals surface area contributed by atoms with Gasteiger partial charge in [0.05, 0.1) is 16.0 Å². The van der Waals surface area contributed by atoms with Crippen LogP contribution in [0.15, 0.2) is 60.8 Å². The second-order valence-electron chi connectivity index (χ2n) is 5.94. The zero-order chi connectivity index (χ0) is 19.4. The van der Waals surface area contributed by atoms with Gasteiger partial charge in [-0.25, -0.2) is 0 Å². The zero-order valence-electron chi connectivity index (χ0n) is 14.2. The third-order valence-corrected chi connectivity index (χ3v) is 4.11. The predicted molar refractivity (Wildman–Crippen MR) is 99.0 cm³/mol. The van der Waals surface area contributed by atoms with Crippen LogP contribution in [-0.2, 0) is 11.2 Å². The Hall–Kier alpha value is -3.81. The summed E-state index contributed by atoms with van der Waals surface area (Å²) in [6, 6.07) is 13.6. The van der Waals surface area contributed by atoms with Crippen LogP contribution < -0.4 is 11.1 Å². The van der Waals surface area contributed by atoms with Crippen LogP contribution in [0.5, 0.6) is 0 Å². The Labute approximate surface area is 154 Å². The summed E-state index contributed by atoms with van der Waals surface area (Å²) in [6.07, 6.45) is 1.71. The number of nitrogens with zero attached hydrogens (tertiary/aromatic N) is 2. The van der Waals surface area contributed by atoms with Crippen molar-refractivity contribution in [2.24, 2.45) is 5.73 Å². The summed E-state index contributed by atoms with van der Waals surface area (Å²) in [5, 5.41) is 14.1. The van der Waals surface area contributed by atoms with Crippen molar-refractivity contribution in [3.63, 3.8) is 0 Å². The smallest absolute Gasteiger partial charge is 0.269 e. The molecule has 0 spiro atoms. The van der Waals surface area contributed by atoms with Gasteiger partial charge in [-0.2, -0.15) is 0 Å². The van der Waals surface area contributed by atoms with Crippen molar-refractivity contribution >= 4 is 28.4 Å². The molecule has 0 saturated heterocycles. The summed E-state index contributed by atoms with van der Waals surface area (Å²) < 4.78 is 0. The van der Waals surface area contributed by atoms with Crippen molar-refractivity contribution < 1.29 is 14.5 Å². The number of pyridine rings is 1. The number of carbonyl (C=O) groups is 2. The van der Waals surface area contributed by atoms with Gasteiger partial charge in [0.25, 0.3) is 11.6 Å². The lowest BCUT2D eigenvalue weighted by molar-refractivity contribution is -0.384. The molecule has 0 aliphatic rings. The third-order valence-electron chi connectivity index (χ3n) is 4.11. The van der Waals surface area contributed by atoms with Gasteiger partial charge in [0.1, 0.15) is 6.04 Å². The first-order valence-electron chi connectivity index (χ1n) is 8.13. The first-order chi connectivity index (χ1) is 13.0. The number of benzene rings is 2. The number of para-hydroxylation sites is 1. The molecule has 3 rings (SSSR count). The molecule has 3 aromatic rings. The third kappa shape index (κ3) is 4.06. The Morgan fingerprint density at radius 1 is 1.11 bits per heavy atom. The van der Waals surface area contributed by atoms with Gasteiger partial charge < -0.3 is 11.1 Å². The maximum atomic E-state index is 12.7. The number of nitrogens with two attached hydrogens (primary N) is 1. The largest absolute Gasteiger partial charge is 0.368 e. The molecular weight excluding hydrogens is 348 g/mol. The molecule has 0 aliphatic heterocycles. The lowest BCUT2D eigenvalue weighted by atomic mass is 10.0. The van der Waals surface area contributed by atoms with Crippen LogP contribution in [0.25, 0.3) is 10.9 Å². The predicted octanol–water partition coefficient (Wildman–Crippen LogP) is 1.97. The molecule has 136 valence electrons. The van der Waals surface area contributed by atoms with E-state index in [-0.39, 0.29) is 12.1 Å². The van der Waals surface area contributed by atoms with Gasteiger partial charge in [0.15, 0.2) is 0 Å². The molecule has 2 aromatic carbocycles. The van der Waals surface area contributed by atoms with E-state index in [2.05, 4.69) is 10.3 Å². The SMILES string of the molecule is NC(=O)[C@H](Cc1ccc([N+](=O)[O-])cc1)NC(=O)c1cccc2cccnc12. The van der Waals surface area contributed by atoms with Crippen molar-refractivity contribution in [3.8, 4) is 0 Å². The van der Waals surface area contributed by atoms with Gasteiger partial charge in [-0.3, -0.25) is 24.7 Å². The summed E-state index contributed by atoms with van der Waals surface area (Å²) in [4.78, 5) is 38.9. The van der Waals surface area contributed by atoms with Gasteiger partial charge in [0.2, 0.25) is 5.91 Å². The molecule has 0 unspecified atom stereocenters. The second kappa shape index (κ2) is 7.61. The van der Waals surface area contributed by atoms with E-state index in [1.165, 1.54) is 24.3 Å².